The lowest BCUT2D eigenvalue weighted by Crippen LogP contribution is -2.18. The van der Waals surface area contributed by atoms with Crippen LogP contribution in [0.15, 0.2) is 12.4 Å². The van der Waals surface area contributed by atoms with Crippen LogP contribution in [-0.4, -0.2) is 25.7 Å². The van der Waals surface area contributed by atoms with E-state index in [1.54, 1.807) is 10.9 Å². The minimum atomic E-state index is -0.348. The number of carbonyl (C=O) groups excluding carboxylic acids is 1. The van der Waals surface area contributed by atoms with Crippen molar-refractivity contribution in [1.29, 1.82) is 0 Å². The van der Waals surface area contributed by atoms with E-state index in [0.29, 0.717) is 11.5 Å². The van der Waals surface area contributed by atoms with Gasteiger partial charge in [0.1, 0.15) is 5.82 Å². The molecule has 2 aromatic heterocycles. The fourth-order valence-electron chi connectivity index (χ4n) is 1.95. The molecule has 0 radical (unpaired) electrons. The summed E-state index contributed by atoms with van der Waals surface area (Å²) in [6.07, 6.45) is 3.96. The first-order valence-electron chi connectivity index (χ1n) is 6.88. The number of hydrogen-bond donors (Lipinski definition) is 2. The van der Waals surface area contributed by atoms with Crippen LogP contribution in [0.3, 0.4) is 0 Å². The zero-order chi connectivity index (χ0) is 15.6. The first-order valence-corrected chi connectivity index (χ1v) is 6.88. The molecule has 0 aliphatic rings. The van der Waals surface area contributed by atoms with Crippen molar-refractivity contribution >= 4 is 17.3 Å². The molecule has 0 fully saturated rings. The Morgan fingerprint density at radius 2 is 2.19 bits per heavy atom. The highest BCUT2D eigenvalue weighted by Gasteiger charge is 2.17. The summed E-state index contributed by atoms with van der Waals surface area (Å²) >= 11 is 0. The van der Waals surface area contributed by atoms with E-state index in [1.807, 2.05) is 27.8 Å². The van der Waals surface area contributed by atoms with Gasteiger partial charge in [0.2, 0.25) is 0 Å². The molecule has 0 aliphatic heterocycles. The van der Waals surface area contributed by atoms with Gasteiger partial charge in [-0.15, -0.1) is 0 Å². The zero-order valence-electron chi connectivity index (χ0n) is 12.7. The van der Waals surface area contributed by atoms with E-state index in [1.165, 1.54) is 6.20 Å². The number of nitrogens with two attached hydrogens (primary N) is 1. The van der Waals surface area contributed by atoms with Crippen LogP contribution in [0.25, 0.3) is 0 Å². The summed E-state index contributed by atoms with van der Waals surface area (Å²) in [5.41, 5.74) is 7.77. The second-order valence-electron chi connectivity index (χ2n) is 5.16. The number of rotatable bonds is 4. The molecule has 2 heterocycles. The summed E-state index contributed by atoms with van der Waals surface area (Å²) in [5, 5.41) is 7.10. The van der Waals surface area contributed by atoms with Crippen LogP contribution in [0.1, 0.15) is 48.7 Å². The molecule has 0 bridgehead atoms. The van der Waals surface area contributed by atoms with Crippen LogP contribution >= 0.6 is 0 Å². The summed E-state index contributed by atoms with van der Waals surface area (Å²) in [7, 11) is 1.81. The van der Waals surface area contributed by atoms with Crippen molar-refractivity contribution in [2.75, 3.05) is 11.1 Å². The molecular formula is C14H20N6O. The molecule has 0 saturated carbocycles. The maximum Gasteiger partial charge on any atom is 0.276 e. The summed E-state index contributed by atoms with van der Waals surface area (Å²) in [4.78, 5) is 20.8. The summed E-state index contributed by atoms with van der Waals surface area (Å²) < 4.78 is 1.66. The average Bonchev–Trinajstić information content (AvgIpc) is 2.78. The largest absolute Gasteiger partial charge is 0.396 e. The van der Waals surface area contributed by atoms with Crippen molar-refractivity contribution < 1.29 is 4.79 Å². The molecule has 112 valence electrons. The molecule has 2 rings (SSSR count). The Balaban J connectivity index is 2.29. The second kappa shape index (κ2) is 5.90. The minimum absolute atomic E-state index is 0.127. The molecule has 0 spiro atoms. The van der Waals surface area contributed by atoms with Crippen molar-refractivity contribution in [2.24, 2.45) is 7.05 Å². The number of aromatic nitrogens is 4. The van der Waals surface area contributed by atoms with E-state index in [4.69, 9.17) is 5.73 Å². The van der Waals surface area contributed by atoms with Crippen molar-refractivity contribution in [2.45, 2.75) is 33.1 Å². The molecular weight excluding hydrogens is 268 g/mol. The highest BCUT2D eigenvalue weighted by molar-refractivity contribution is 6.06. The highest BCUT2D eigenvalue weighted by atomic mass is 16.1. The Kier molecular flexibility index (Phi) is 4.21. The maximum absolute atomic E-state index is 12.4. The van der Waals surface area contributed by atoms with Crippen LogP contribution in [0.4, 0.5) is 11.4 Å². The molecule has 0 unspecified atom stereocenters. The third-order valence-electron chi connectivity index (χ3n) is 3.06. The van der Waals surface area contributed by atoms with E-state index in [-0.39, 0.29) is 23.2 Å². The fourth-order valence-corrected chi connectivity index (χ4v) is 1.95. The Bertz CT molecular complexity index is 661. The van der Waals surface area contributed by atoms with Gasteiger partial charge < -0.3 is 11.1 Å². The topological polar surface area (TPSA) is 98.7 Å². The quantitative estimate of drug-likeness (QED) is 0.892. The van der Waals surface area contributed by atoms with E-state index in [2.05, 4.69) is 20.4 Å². The lowest BCUT2D eigenvalue weighted by molar-refractivity contribution is 0.102. The van der Waals surface area contributed by atoms with Gasteiger partial charge in [0.15, 0.2) is 5.69 Å². The van der Waals surface area contributed by atoms with Gasteiger partial charge in [-0.05, 0) is 6.42 Å². The van der Waals surface area contributed by atoms with E-state index in [9.17, 15) is 4.79 Å². The third-order valence-corrected chi connectivity index (χ3v) is 3.06. The van der Waals surface area contributed by atoms with Gasteiger partial charge in [0.05, 0.1) is 23.3 Å². The monoisotopic (exact) mass is 288 g/mol. The van der Waals surface area contributed by atoms with Crippen LogP contribution in [-0.2, 0) is 13.5 Å². The Morgan fingerprint density at radius 3 is 2.81 bits per heavy atom. The molecule has 0 aliphatic carbocycles. The number of nitrogens with zero attached hydrogens (tertiary/aromatic N) is 4. The first-order chi connectivity index (χ1) is 9.92. The van der Waals surface area contributed by atoms with Gasteiger partial charge >= 0.3 is 0 Å². The normalized spacial score (nSPS) is 10.9. The number of anilines is 2. The minimum Gasteiger partial charge on any atom is -0.396 e. The Labute approximate surface area is 123 Å². The van der Waals surface area contributed by atoms with Gasteiger partial charge in [0.25, 0.3) is 5.91 Å². The Morgan fingerprint density at radius 1 is 1.48 bits per heavy atom. The number of aryl methyl sites for hydroxylation is 2. The summed E-state index contributed by atoms with van der Waals surface area (Å²) in [5.74, 6) is 0.373. The number of nitrogen functional groups attached to an aromatic ring is 1. The standard InChI is InChI=1S/C14H20N6O/c1-5-10-11(7-20(4)19-10)17-14(21)12-9(15)6-16-13(18-12)8(2)3/h6-8H,5,15H2,1-4H3,(H,17,21). The molecule has 0 saturated heterocycles. The van der Waals surface area contributed by atoms with E-state index in [0.717, 1.165) is 12.1 Å². The molecule has 1 amide bonds. The molecule has 2 aromatic rings. The summed E-state index contributed by atoms with van der Waals surface area (Å²) in [6.45, 7) is 5.90. The Hall–Kier alpha value is -2.44. The van der Waals surface area contributed by atoms with E-state index < -0.39 is 0 Å². The van der Waals surface area contributed by atoms with Crippen LogP contribution in [0.5, 0.6) is 0 Å². The smallest absolute Gasteiger partial charge is 0.276 e. The van der Waals surface area contributed by atoms with Gasteiger partial charge in [0, 0.05) is 19.2 Å². The van der Waals surface area contributed by atoms with Gasteiger partial charge in [-0.2, -0.15) is 5.10 Å². The molecule has 21 heavy (non-hydrogen) atoms. The zero-order valence-corrected chi connectivity index (χ0v) is 12.7. The predicted octanol–water partition coefficient (Wildman–Crippen LogP) is 1.73. The molecule has 3 N–H and O–H groups in total. The van der Waals surface area contributed by atoms with Crippen LogP contribution in [0, 0.1) is 0 Å². The number of nitrogens with one attached hydrogen (secondary N) is 1. The number of hydrogen-bond acceptors (Lipinski definition) is 5. The van der Waals surface area contributed by atoms with Crippen molar-refractivity contribution in [3.8, 4) is 0 Å². The second-order valence-corrected chi connectivity index (χ2v) is 5.16. The molecule has 0 atom stereocenters. The summed E-state index contributed by atoms with van der Waals surface area (Å²) in [6, 6.07) is 0. The van der Waals surface area contributed by atoms with Gasteiger partial charge in [-0.1, -0.05) is 20.8 Å². The number of amides is 1. The lowest BCUT2D eigenvalue weighted by atomic mass is 10.2. The molecule has 7 heteroatoms. The van der Waals surface area contributed by atoms with Crippen LogP contribution in [0.2, 0.25) is 0 Å². The molecule has 0 aromatic carbocycles. The average molecular weight is 288 g/mol. The van der Waals surface area contributed by atoms with Gasteiger partial charge in [-0.25, -0.2) is 9.97 Å². The SMILES string of the molecule is CCc1nn(C)cc1NC(=O)c1nc(C(C)C)ncc1N. The van der Waals surface area contributed by atoms with Crippen molar-refractivity contribution in [1.82, 2.24) is 19.7 Å². The fraction of sp³-hybridized carbons (Fsp3) is 0.429. The third kappa shape index (κ3) is 3.18. The van der Waals surface area contributed by atoms with E-state index >= 15 is 0 Å². The predicted molar refractivity (Wildman–Crippen MR) is 81.1 cm³/mol. The lowest BCUT2D eigenvalue weighted by Gasteiger charge is -2.09. The number of carbonyl (C=O) groups is 1. The van der Waals surface area contributed by atoms with Crippen LogP contribution < -0.4 is 11.1 Å². The first kappa shape index (κ1) is 15.0. The maximum atomic E-state index is 12.4. The van der Waals surface area contributed by atoms with Crippen molar-refractivity contribution in [3.05, 3.63) is 29.6 Å². The molecule has 7 nitrogen and oxygen atoms in total. The highest BCUT2D eigenvalue weighted by Crippen LogP contribution is 2.18. The van der Waals surface area contributed by atoms with Gasteiger partial charge in [-0.3, -0.25) is 9.48 Å². The van der Waals surface area contributed by atoms with Crippen molar-refractivity contribution in [3.63, 3.8) is 0 Å².